The number of hydrogen-bond acceptors (Lipinski definition) is 2. The molecule has 2 N–H and O–H groups in total. The molecule has 0 aromatic rings. The third kappa shape index (κ3) is 137. The quantitative estimate of drug-likeness (QED) is 0.411. The normalized spacial score (nSPS) is 2.40. The van der Waals surface area contributed by atoms with Gasteiger partial charge in [0.2, 0.25) is 0 Å². The standard InChI is InChI=1S/2CH4O.Fe/c2*1-2;/h2*2H,1H3;. The summed E-state index contributed by atoms with van der Waals surface area (Å²) in [6, 6.07) is 0. The number of aliphatic hydroxyl groups excluding tert-OH is 2. The van der Waals surface area contributed by atoms with Crippen LogP contribution in [-0.2, 0) is 17.1 Å². The molecule has 0 heterocycles. The Kier molecular flexibility index (Phi) is 980. The smallest absolute Gasteiger partial charge is 0.0319 e. The van der Waals surface area contributed by atoms with Gasteiger partial charge in [0.25, 0.3) is 0 Å². The van der Waals surface area contributed by atoms with Gasteiger partial charge in [-0.25, -0.2) is 0 Å². The van der Waals surface area contributed by atoms with Crippen molar-refractivity contribution in [1.82, 2.24) is 0 Å². The molecule has 0 bridgehead atoms. The summed E-state index contributed by atoms with van der Waals surface area (Å²) in [6.45, 7) is 0. The van der Waals surface area contributed by atoms with Crippen LogP contribution in [0.25, 0.3) is 0 Å². The zero-order valence-electron chi connectivity index (χ0n) is 3.25. The molecular weight excluding hydrogens is 112 g/mol. The van der Waals surface area contributed by atoms with Gasteiger partial charge < -0.3 is 10.2 Å². The topological polar surface area (TPSA) is 40.5 Å². The van der Waals surface area contributed by atoms with Gasteiger partial charge in [0.15, 0.2) is 0 Å². The molecular formula is C2H8FeO2. The molecule has 0 rings (SSSR count). The Hall–Kier alpha value is 0.439. The van der Waals surface area contributed by atoms with Crippen molar-refractivity contribution in [2.24, 2.45) is 0 Å². The largest absolute Gasteiger partial charge is 0.400 e. The minimum Gasteiger partial charge on any atom is -0.400 e. The van der Waals surface area contributed by atoms with Crippen molar-refractivity contribution in [3.63, 3.8) is 0 Å². The van der Waals surface area contributed by atoms with Crippen LogP contribution in [0.15, 0.2) is 0 Å². The Labute approximate surface area is 42.3 Å². The molecule has 0 unspecified atom stereocenters. The van der Waals surface area contributed by atoms with Crippen LogP contribution < -0.4 is 0 Å². The van der Waals surface area contributed by atoms with Gasteiger partial charge in [0.05, 0.1) is 0 Å². The maximum atomic E-state index is 7.00. The van der Waals surface area contributed by atoms with E-state index in [9.17, 15) is 0 Å². The van der Waals surface area contributed by atoms with Gasteiger partial charge >= 0.3 is 0 Å². The van der Waals surface area contributed by atoms with Crippen LogP contribution in [0.1, 0.15) is 0 Å². The first-order valence-corrected chi connectivity index (χ1v) is 0.894. The van der Waals surface area contributed by atoms with E-state index in [4.69, 9.17) is 10.2 Å². The summed E-state index contributed by atoms with van der Waals surface area (Å²) in [5.74, 6) is 0. The second-order valence-electron chi connectivity index (χ2n) is 0. The summed E-state index contributed by atoms with van der Waals surface area (Å²) >= 11 is 0. The van der Waals surface area contributed by atoms with E-state index < -0.39 is 0 Å². The van der Waals surface area contributed by atoms with Gasteiger partial charge in [-0.05, 0) is 0 Å². The minimum atomic E-state index is 0. The minimum absolute atomic E-state index is 0. The molecule has 0 saturated heterocycles. The first-order chi connectivity index (χ1) is 2.00. The fraction of sp³-hybridized carbons (Fsp3) is 1.00. The van der Waals surface area contributed by atoms with Gasteiger partial charge in [-0.15, -0.1) is 0 Å². The van der Waals surface area contributed by atoms with Crippen molar-refractivity contribution in [1.29, 1.82) is 0 Å². The second kappa shape index (κ2) is 272. The molecule has 0 aliphatic heterocycles. The zero-order valence-corrected chi connectivity index (χ0v) is 4.35. The summed E-state index contributed by atoms with van der Waals surface area (Å²) in [6.07, 6.45) is 0. The Morgan fingerprint density at radius 3 is 0.800 bits per heavy atom. The third-order valence-electron chi connectivity index (χ3n) is 0. The van der Waals surface area contributed by atoms with Crippen LogP contribution in [0.2, 0.25) is 0 Å². The van der Waals surface area contributed by atoms with E-state index in [0.717, 1.165) is 14.2 Å². The Bertz CT molecular complexity index is 7.61. The zero-order chi connectivity index (χ0) is 4.00. The molecule has 0 spiro atoms. The van der Waals surface area contributed by atoms with E-state index in [1.165, 1.54) is 0 Å². The molecule has 0 aliphatic carbocycles. The van der Waals surface area contributed by atoms with E-state index >= 15 is 0 Å². The molecule has 3 heteroatoms. The van der Waals surface area contributed by atoms with Crippen molar-refractivity contribution in [2.45, 2.75) is 0 Å². The predicted octanol–water partition coefficient (Wildman–Crippen LogP) is -0.786. The van der Waals surface area contributed by atoms with Crippen molar-refractivity contribution in [3.8, 4) is 0 Å². The molecule has 2 nitrogen and oxygen atoms in total. The van der Waals surface area contributed by atoms with Gasteiger partial charge in [0, 0.05) is 31.3 Å². The first-order valence-electron chi connectivity index (χ1n) is 0.894. The summed E-state index contributed by atoms with van der Waals surface area (Å²) in [5, 5.41) is 14.0. The SMILES string of the molecule is CO.CO.[Fe]. The Morgan fingerprint density at radius 2 is 0.800 bits per heavy atom. The fourth-order valence-electron chi connectivity index (χ4n) is 0. The van der Waals surface area contributed by atoms with Crippen molar-refractivity contribution < 1.29 is 27.3 Å². The molecule has 0 saturated carbocycles. The van der Waals surface area contributed by atoms with Crippen LogP contribution >= 0.6 is 0 Å². The van der Waals surface area contributed by atoms with Gasteiger partial charge in [-0.1, -0.05) is 0 Å². The summed E-state index contributed by atoms with van der Waals surface area (Å²) in [4.78, 5) is 0. The fourth-order valence-corrected chi connectivity index (χ4v) is 0. The third-order valence-corrected chi connectivity index (χ3v) is 0. The second-order valence-corrected chi connectivity index (χ2v) is 0. The molecule has 0 aromatic heterocycles. The first kappa shape index (κ1) is 18.0. The maximum absolute atomic E-state index is 7.00. The van der Waals surface area contributed by atoms with Crippen molar-refractivity contribution in [3.05, 3.63) is 0 Å². The maximum Gasteiger partial charge on any atom is 0.0319 e. The molecule has 0 amide bonds. The van der Waals surface area contributed by atoms with E-state index in [-0.39, 0.29) is 17.1 Å². The molecule has 0 radical (unpaired) electrons. The van der Waals surface area contributed by atoms with Crippen molar-refractivity contribution >= 4 is 0 Å². The van der Waals surface area contributed by atoms with Crippen LogP contribution in [0.4, 0.5) is 0 Å². The molecule has 0 atom stereocenters. The summed E-state index contributed by atoms with van der Waals surface area (Å²) in [5.41, 5.74) is 0. The van der Waals surface area contributed by atoms with Gasteiger partial charge in [0.1, 0.15) is 0 Å². The van der Waals surface area contributed by atoms with Gasteiger partial charge in [-0.2, -0.15) is 0 Å². The molecule has 36 valence electrons. The van der Waals surface area contributed by atoms with Gasteiger partial charge in [-0.3, -0.25) is 0 Å². The number of hydrogen-bond donors (Lipinski definition) is 2. The van der Waals surface area contributed by atoms with E-state index in [1.807, 2.05) is 0 Å². The van der Waals surface area contributed by atoms with Crippen LogP contribution in [0.5, 0.6) is 0 Å². The average Bonchev–Trinajstić information content (AvgIpc) is 1.50. The number of rotatable bonds is 0. The predicted molar refractivity (Wildman–Crippen MR) is 16.3 cm³/mol. The molecule has 0 fully saturated rings. The van der Waals surface area contributed by atoms with Crippen LogP contribution in [-0.4, -0.2) is 24.4 Å². The van der Waals surface area contributed by atoms with E-state index in [2.05, 4.69) is 0 Å². The number of aliphatic hydroxyl groups is 2. The molecule has 0 aliphatic rings. The summed E-state index contributed by atoms with van der Waals surface area (Å²) < 4.78 is 0. The van der Waals surface area contributed by atoms with E-state index in [1.54, 1.807) is 0 Å². The van der Waals surface area contributed by atoms with E-state index in [0.29, 0.717) is 0 Å². The van der Waals surface area contributed by atoms with Crippen LogP contribution in [0.3, 0.4) is 0 Å². The Morgan fingerprint density at radius 1 is 0.800 bits per heavy atom. The monoisotopic (exact) mass is 120 g/mol. The Balaban J connectivity index is -0.0000000133. The van der Waals surface area contributed by atoms with Crippen molar-refractivity contribution in [2.75, 3.05) is 14.2 Å². The average molecular weight is 120 g/mol. The molecule has 5 heavy (non-hydrogen) atoms. The molecule has 0 aromatic carbocycles. The van der Waals surface area contributed by atoms with Crippen LogP contribution in [0, 0.1) is 0 Å². The summed E-state index contributed by atoms with van der Waals surface area (Å²) in [7, 11) is 2.00.